The maximum atomic E-state index is 12.7. The van der Waals surface area contributed by atoms with Crippen LogP contribution in [-0.4, -0.2) is 72.8 Å². The number of hydrogen-bond donors (Lipinski definition) is 0. The van der Waals surface area contributed by atoms with Gasteiger partial charge in [0.2, 0.25) is 5.91 Å². The molecule has 2 atom stereocenters. The van der Waals surface area contributed by atoms with Crippen LogP contribution in [0, 0.1) is 5.92 Å². The van der Waals surface area contributed by atoms with E-state index in [2.05, 4.69) is 25.9 Å². The van der Waals surface area contributed by atoms with Crippen molar-refractivity contribution in [3.05, 3.63) is 21.9 Å². The Morgan fingerprint density at radius 3 is 2.87 bits per heavy atom. The Morgan fingerprint density at radius 1 is 1.39 bits per heavy atom. The van der Waals surface area contributed by atoms with Gasteiger partial charge in [-0.3, -0.25) is 9.59 Å². The van der Waals surface area contributed by atoms with Gasteiger partial charge < -0.3 is 14.7 Å². The predicted octanol–water partition coefficient (Wildman–Crippen LogP) is 1.54. The normalized spacial score (nSPS) is 25.0. The largest absolute Gasteiger partial charge is 0.339 e. The van der Waals surface area contributed by atoms with E-state index in [-0.39, 0.29) is 18.4 Å². The van der Waals surface area contributed by atoms with E-state index in [1.807, 2.05) is 16.3 Å². The van der Waals surface area contributed by atoms with E-state index in [0.29, 0.717) is 18.5 Å². The van der Waals surface area contributed by atoms with Crippen molar-refractivity contribution in [3.8, 4) is 0 Å². The minimum atomic E-state index is 0.0171. The highest BCUT2D eigenvalue weighted by atomic mass is 32.1. The lowest BCUT2D eigenvalue weighted by Crippen LogP contribution is -2.43. The fourth-order valence-electron chi connectivity index (χ4n) is 3.67. The van der Waals surface area contributed by atoms with Gasteiger partial charge in [-0.25, -0.2) is 0 Å². The Labute approximate surface area is 141 Å². The first kappa shape index (κ1) is 16.5. The van der Waals surface area contributed by atoms with E-state index >= 15 is 0 Å². The Bertz CT molecular complexity index is 598. The number of fused-ring (bicyclic) bond motifs is 1. The van der Waals surface area contributed by atoms with Crippen LogP contribution in [0.15, 0.2) is 11.4 Å². The molecule has 3 rings (SSSR count). The van der Waals surface area contributed by atoms with Gasteiger partial charge in [0, 0.05) is 30.6 Å². The van der Waals surface area contributed by atoms with Crippen LogP contribution in [0.25, 0.3) is 0 Å². The highest BCUT2D eigenvalue weighted by molar-refractivity contribution is 7.10. The number of thiophene rings is 1. The molecule has 0 spiro atoms. The van der Waals surface area contributed by atoms with Crippen molar-refractivity contribution in [2.45, 2.75) is 25.8 Å². The van der Waals surface area contributed by atoms with Crippen LogP contribution in [0.1, 0.15) is 28.6 Å². The molecule has 2 aliphatic heterocycles. The fraction of sp³-hybridized carbons (Fsp3) is 0.647. The molecule has 0 bridgehead atoms. The van der Waals surface area contributed by atoms with Crippen molar-refractivity contribution in [2.24, 2.45) is 5.92 Å². The number of nitrogens with zero attached hydrogens (tertiary/aromatic N) is 3. The summed E-state index contributed by atoms with van der Waals surface area (Å²) in [4.78, 5) is 32.3. The molecule has 0 aliphatic carbocycles. The van der Waals surface area contributed by atoms with E-state index < -0.39 is 0 Å². The molecule has 23 heavy (non-hydrogen) atoms. The number of rotatable bonds is 3. The molecule has 1 fully saturated rings. The molecule has 1 aromatic heterocycles. The number of hydrogen-bond acceptors (Lipinski definition) is 4. The Balaban J connectivity index is 1.65. The topological polar surface area (TPSA) is 43.9 Å². The van der Waals surface area contributed by atoms with Crippen molar-refractivity contribution in [3.63, 3.8) is 0 Å². The molecule has 0 aromatic carbocycles. The van der Waals surface area contributed by atoms with Crippen LogP contribution in [0.3, 0.4) is 0 Å². The number of carbonyl (C=O) groups excluding carboxylic acids is 2. The summed E-state index contributed by atoms with van der Waals surface area (Å²) < 4.78 is 0. The number of amides is 2. The fourth-order valence-corrected chi connectivity index (χ4v) is 4.58. The summed E-state index contributed by atoms with van der Waals surface area (Å²) in [6, 6.07) is 2.30. The van der Waals surface area contributed by atoms with Gasteiger partial charge in [0.15, 0.2) is 0 Å². The zero-order valence-corrected chi connectivity index (χ0v) is 14.9. The van der Waals surface area contributed by atoms with E-state index in [9.17, 15) is 9.59 Å². The van der Waals surface area contributed by atoms with E-state index in [1.165, 1.54) is 0 Å². The Morgan fingerprint density at radius 2 is 2.17 bits per heavy atom. The molecular formula is C17H25N3O2S. The van der Waals surface area contributed by atoms with Gasteiger partial charge in [-0.05, 0) is 44.3 Å². The number of aryl methyl sites for hydroxylation is 1. The average Bonchev–Trinajstić information content (AvgIpc) is 3.09. The molecule has 2 aliphatic rings. The second-order valence-electron chi connectivity index (χ2n) is 6.89. The standard InChI is InChI=1S/C17H25N3O2S/c1-12-9-20(10-14(12)18(2)3)16(21)11-19-7-4-5-15-13(17(19)22)6-8-23-15/h6,8,12,14H,4-5,7,9-11H2,1-3H3/t12-,14-/m0/s1. The predicted molar refractivity (Wildman–Crippen MR) is 91.8 cm³/mol. The van der Waals surface area contributed by atoms with Crippen molar-refractivity contribution >= 4 is 23.2 Å². The Hall–Kier alpha value is -1.40. The van der Waals surface area contributed by atoms with E-state index in [1.54, 1.807) is 16.2 Å². The molecule has 0 radical (unpaired) electrons. The van der Waals surface area contributed by atoms with Crippen molar-refractivity contribution < 1.29 is 9.59 Å². The minimum absolute atomic E-state index is 0.0171. The molecule has 6 heteroatoms. The smallest absolute Gasteiger partial charge is 0.255 e. The number of likely N-dealkylation sites (N-methyl/N-ethyl adjacent to an activating group) is 1. The lowest BCUT2D eigenvalue weighted by molar-refractivity contribution is -0.131. The van der Waals surface area contributed by atoms with Crippen LogP contribution in [-0.2, 0) is 11.2 Å². The summed E-state index contributed by atoms with van der Waals surface area (Å²) in [6.45, 7) is 4.62. The van der Waals surface area contributed by atoms with Crippen molar-refractivity contribution in [1.29, 1.82) is 0 Å². The molecule has 5 nitrogen and oxygen atoms in total. The first-order valence-corrected chi connectivity index (χ1v) is 9.15. The minimum Gasteiger partial charge on any atom is -0.339 e. The maximum absolute atomic E-state index is 12.7. The van der Waals surface area contributed by atoms with Gasteiger partial charge in [0.1, 0.15) is 6.54 Å². The first-order chi connectivity index (χ1) is 11.0. The third-order valence-corrected chi connectivity index (χ3v) is 5.99. The summed E-state index contributed by atoms with van der Waals surface area (Å²) in [6.07, 6.45) is 1.87. The van der Waals surface area contributed by atoms with Crippen LogP contribution >= 0.6 is 11.3 Å². The average molecular weight is 335 g/mol. The molecule has 3 heterocycles. The third kappa shape index (κ3) is 3.28. The summed E-state index contributed by atoms with van der Waals surface area (Å²) in [7, 11) is 4.12. The molecule has 0 saturated carbocycles. The molecule has 1 saturated heterocycles. The molecule has 0 unspecified atom stereocenters. The summed E-state index contributed by atoms with van der Waals surface area (Å²) in [5.74, 6) is 0.564. The highest BCUT2D eigenvalue weighted by Crippen LogP contribution is 2.24. The van der Waals surface area contributed by atoms with Gasteiger partial charge in [-0.15, -0.1) is 11.3 Å². The maximum Gasteiger partial charge on any atom is 0.255 e. The summed E-state index contributed by atoms with van der Waals surface area (Å²) in [5.41, 5.74) is 0.793. The van der Waals surface area contributed by atoms with E-state index in [0.717, 1.165) is 36.4 Å². The van der Waals surface area contributed by atoms with E-state index in [4.69, 9.17) is 0 Å². The molecular weight excluding hydrogens is 310 g/mol. The van der Waals surface area contributed by atoms with Gasteiger partial charge in [-0.1, -0.05) is 6.92 Å². The lowest BCUT2D eigenvalue weighted by atomic mass is 10.1. The molecule has 2 amide bonds. The zero-order valence-electron chi connectivity index (χ0n) is 14.1. The Kier molecular flexibility index (Phi) is 4.73. The zero-order chi connectivity index (χ0) is 16.6. The second kappa shape index (κ2) is 6.61. The number of likely N-dealkylation sites (tertiary alicyclic amines) is 1. The second-order valence-corrected chi connectivity index (χ2v) is 7.90. The monoisotopic (exact) mass is 335 g/mol. The quantitative estimate of drug-likeness (QED) is 0.842. The van der Waals surface area contributed by atoms with Crippen molar-refractivity contribution in [1.82, 2.24) is 14.7 Å². The highest BCUT2D eigenvalue weighted by Gasteiger charge is 2.35. The van der Waals surface area contributed by atoms with Gasteiger partial charge in [-0.2, -0.15) is 0 Å². The van der Waals surface area contributed by atoms with Gasteiger partial charge in [0.05, 0.1) is 5.56 Å². The van der Waals surface area contributed by atoms with Crippen LogP contribution < -0.4 is 0 Å². The first-order valence-electron chi connectivity index (χ1n) is 8.27. The summed E-state index contributed by atoms with van der Waals surface area (Å²) >= 11 is 1.64. The summed E-state index contributed by atoms with van der Waals surface area (Å²) in [5, 5.41) is 1.97. The van der Waals surface area contributed by atoms with Gasteiger partial charge in [0.25, 0.3) is 5.91 Å². The van der Waals surface area contributed by atoms with Crippen LogP contribution in [0.5, 0.6) is 0 Å². The third-order valence-electron chi connectivity index (χ3n) is 5.01. The lowest BCUT2D eigenvalue weighted by Gasteiger charge is -2.25. The van der Waals surface area contributed by atoms with Gasteiger partial charge >= 0.3 is 0 Å². The molecule has 1 aromatic rings. The van der Waals surface area contributed by atoms with Crippen LogP contribution in [0.4, 0.5) is 0 Å². The number of carbonyl (C=O) groups is 2. The molecule has 126 valence electrons. The van der Waals surface area contributed by atoms with Crippen molar-refractivity contribution in [2.75, 3.05) is 40.3 Å². The van der Waals surface area contributed by atoms with Crippen LogP contribution in [0.2, 0.25) is 0 Å². The molecule has 0 N–H and O–H groups in total. The SMILES string of the molecule is C[C@H]1CN(C(=O)CN2CCCc3sccc3C2=O)C[C@@H]1N(C)C.